The van der Waals surface area contributed by atoms with Crippen molar-refractivity contribution in [2.45, 2.75) is 13.8 Å². The van der Waals surface area contributed by atoms with E-state index < -0.39 is 0 Å². The molecular formula is C28H26N6O3. The van der Waals surface area contributed by atoms with Crippen LogP contribution < -0.4 is 5.32 Å². The summed E-state index contributed by atoms with van der Waals surface area (Å²) in [6, 6.07) is 11.5. The van der Waals surface area contributed by atoms with E-state index in [-0.39, 0.29) is 11.8 Å². The molecule has 0 aliphatic carbocycles. The zero-order chi connectivity index (χ0) is 25.5. The van der Waals surface area contributed by atoms with E-state index in [1.54, 1.807) is 17.1 Å². The van der Waals surface area contributed by atoms with Crippen molar-refractivity contribution in [3.63, 3.8) is 0 Å². The Bertz CT molecular complexity index is 1540. The molecule has 0 bridgehead atoms. The number of amides is 2. The van der Waals surface area contributed by atoms with Crippen molar-refractivity contribution in [2.75, 3.05) is 31.6 Å². The van der Waals surface area contributed by atoms with Crippen molar-refractivity contribution in [3.05, 3.63) is 83.1 Å². The molecule has 186 valence electrons. The molecule has 37 heavy (non-hydrogen) atoms. The van der Waals surface area contributed by atoms with Crippen LogP contribution in [0.2, 0.25) is 0 Å². The molecule has 1 fully saturated rings. The summed E-state index contributed by atoms with van der Waals surface area (Å²) >= 11 is 0. The molecule has 9 heteroatoms. The van der Waals surface area contributed by atoms with Gasteiger partial charge in [0, 0.05) is 53.7 Å². The van der Waals surface area contributed by atoms with Crippen molar-refractivity contribution in [3.8, 4) is 16.9 Å². The number of hydrogen-bond acceptors (Lipinski definition) is 5. The number of fused-ring (bicyclic) bond motifs is 1. The zero-order valence-corrected chi connectivity index (χ0v) is 20.6. The highest BCUT2D eigenvalue weighted by atomic mass is 16.5. The van der Waals surface area contributed by atoms with Gasteiger partial charge in [0.25, 0.3) is 11.8 Å². The Morgan fingerprint density at radius 3 is 2.73 bits per heavy atom. The van der Waals surface area contributed by atoms with Crippen LogP contribution in [0.1, 0.15) is 32.9 Å². The number of aromatic nitrogens is 4. The minimum Gasteiger partial charge on any atom is -0.378 e. The Labute approximate surface area is 213 Å². The average molecular weight is 495 g/mol. The van der Waals surface area contributed by atoms with Gasteiger partial charge in [-0.2, -0.15) is 5.10 Å². The molecule has 0 unspecified atom stereocenters. The van der Waals surface area contributed by atoms with Crippen LogP contribution in [0.4, 0.5) is 5.69 Å². The molecule has 2 amide bonds. The second-order valence-corrected chi connectivity index (χ2v) is 9.20. The van der Waals surface area contributed by atoms with Crippen molar-refractivity contribution in [1.82, 2.24) is 24.6 Å². The lowest BCUT2D eigenvalue weighted by atomic mass is 9.99. The Hall–Kier alpha value is -4.50. The summed E-state index contributed by atoms with van der Waals surface area (Å²) in [7, 11) is 0. The monoisotopic (exact) mass is 494 g/mol. The lowest BCUT2D eigenvalue weighted by Crippen LogP contribution is -2.41. The van der Waals surface area contributed by atoms with Crippen LogP contribution in [0.3, 0.4) is 0 Å². The molecule has 1 aromatic carbocycles. The first kappa shape index (κ1) is 22.9. The summed E-state index contributed by atoms with van der Waals surface area (Å²) in [4.78, 5) is 35.6. The second kappa shape index (κ2) is 9.18. The number of carbonyl (C=O) groups excluding carboxylic acids is 2. The number of aromatic amines is 1. The number of pyridine rings is 1. The maximum absolute atomic E-state index is 13.2. The van der Waals surface area contributed by atoms with E-state index >= 15 is 0 Å². The molecule has 2 aliphatic heterocycles. The molecule has 9 nitrogen and oxygen atoms in total. The van der Waals surface area contributed by atoms with Gasteiger partial charge in [0.05, 0.1) is 30.5 Å². The number of carbonyl (C=O) groups is 2. The van der Waals surface area contributed by atoms with Crippen molar-refractivity contribution in [2.24, 2.45) is 0 Å². The van der Waals surface area contributed by atoms with Gasteiger partial charge in [-0.05, 0) is 55.3 Å². The van der Waals surface area contributed by atoms with Crippen LogP contribution in [0.25, 0.3) is 28.6 Å². The number of rotatable bonds is 4. The molecular weight excluding hydrogens is 468 g/mol. The second-order valence-electron chi connectivity index (χ2n) is 9.20. The Balaban J connectivity index is 1.34. The van der Waals surface area contributed by atoms with Crippen LogP contribution in [0.15, 0.2) is 55.0 Å². The Morgan fingerprint density at radius 2 is 1.95 bits per heavy atom. The van der Waals surface area contributed by atoms with Gasteiger partial charge in [0.2, 0.25) is 0 Å². The smallest absolute Gasteiger partial charge is 0.256 e. The first-order chi connectivity index (χ1) is 18.0. The molecule has 0 atom stereocenters. The first-order valence-electron chi connectivity index (χ1n) is 12.2. The SMILES string of the molecule is Cc1[nH]c(/C=C2\C(=O)Nc3ccc(-c4cnn(-c5ccccn5)c4)cc32)c(C)c1C(=O)N1CCOCC1. The molecule has 1 saturated heterocycles. The number of nitrogens with one attached hydrogen (secondary N) is 2. The van der Waals surface area contributed by atoms with Crippen molar-refractivity contribution < 1.29 is 14.3 Å². The van der Waals surface area contributed by atoms with Crippen LogP contribution in [0.5, 0.6) is 0 Å². The standard InChI is InChI=1S/C28H26N6O3/c1-17-24(31-18(2)26(17)28(36)33-9-11-37-12-10-33)14-22-21-13-19(6-7-23(21)32-27(22)35)20-15-30-34(16-20)25-5-3-4-8-29-25/h3-8,13-16,31H,9-12H2,1-2H3,(H,32,35)/b22-14-. The lowest BCUT2D eigenvalue weighted by Gasteiger charge is -2.27. The third-order valence-corrected chi connectivity index (χ3v) is 6.88. The molecule has 5 heterocycles. The number of anilines is 1. The lowest BCUT2D eigenvalue weighted by molar-refractivity contribution is -0.110. The van der Waals surface area contributed by atoms with Gasteiger partial charge in [0.1, 0.15) is 0 Å². The fourth-order valence-corrected chi connectivity index (χ4v) is 4.91. The molecule has 2 aliphatic rings. The molecule has 3 aromatic heterocycles. The van der Waals surface area contributed by atoms with E-state index in [4.69, 9.17) is 4.74 Å². The predicted molar refractivity (Wildman–Crippen MR) is 140 cm³/mol. The molecule has 0 spiro atoms. The number of H-pyrrole nitrogens is 1. The summed E-state index contributed by atoms with van der Waals surface area (Å²) in [5, 5.41) is 7.40. The van der Waals surface area contributed by atoms with Gasteiger partial charge >= 0.3 is 0 Å². The van der Waals surface area contributed by atoms with Crippen molar-refractivity contribution >= 4 is 29.2 Å². The van der Waals surface area contributed by atoms with Crippen molar-refractivity contribution in [1.29, 1.82) is 0 Å². The van der Waals surface area contributed by atoms with E-state index in [1.807, 2.05) is 67.4 Å². The van der Waals surface area contributed by atoms with E-state index in [2.05, 4.69) is 20.4 Å². The Kier molecular flexibility index (Phi) is 5.69. The largest absolute Gasteiger partial charge is 0.378 e. The van der Waals surface area contributed by atoms with E-state index in [0.717, 1.165) is 45.1 Å². The number of benzene rings is 1. The summed E-state index contributed by atoms with van der Waals surface area (Å²) in [6.07, 6.45) is 7.26. The van der Waals surface area contributed by atoms with Gasteiger partial charge < -0.3 is 19.9 Å². The van der Waals surface area contributed by atoms with Gasteiger partial charge in [-0.1, -0.05) is 12.1 Å². The first-order valence-corrected chi connectivity index (χ1v) is 12.2. The number of aryl methyl sites for hydroxylation is 1. The fraction of sp³-hybridized carbons (Fsp3) is 0.214. The minimum absolute atomic E-state index is 0.0114. The molecule has 2 N–H and O–H groups in total. The van der Waals surface area contributed by atoms with E-state index in [9.17, 15) is 9.59 Å². The molecule has 4 aromatic rings. The minimum atomic E-state index is -0.177. The molecule has 6 rings (SSSR count). The van der Waals surface area contributed by atoms with Crippen LogP contribution in [-0.2, 0) is 9.53 Å². The average Bonchev–Trinajstić information content (AvgIpc) is 3.61. The number of hydrogen-bond donors (Lipinski definition) is 2. The topological polar surface area (TPSA) is 105 Å². The predicted octanol–water partition coefficient (Wildman–Crippen LogP) is 3.84. The maximum Gasteiger partial charge on any atom is 0.256 e. The van der Waals surface area contributed by atoms with Crippen LogP contribution >= 0.6 is 0 Å². The van der Waals surface area contributed by atoms with Gasteiger partial charge in [0.15, 0.2) is 5.82 Å². The Morgan fingerprint density at radius 1 is 1.11 bits per heavy atom. The number of nitrogens with zero attached hydrogens (tertiary/aromatic N) is 4. The summed E-state index contributed by atoms with van der Waals surface area (Å²) in [6.45, 7) is 6.06. The molecule has 0 saturated carbocycles. The number of morpholine rings is 1. The van der Waals surface area contributed by atoms with Crippen LogP contribution in [0, 0.1) is 13.8 Å². The zero-order valence-electron chi connectivity index (χ0n) is 20.6. The number of ether oxygens (including phenoxy) is 1. The summed E-state index contributed by atoms with van der Waals surface area (Å²) in [5.41, 5.74) is 6.98. The van der Waals surface area contributed by atoms with Gasteiger partial charge in [-0.3, -0.25) is 9.59 Å². The van der Waals surface area contributed by atoms with E-state index in [1.165, 1.54) is 0 Å². The van der Waals surface area contributed by atoms with Gasteiger partial charge in [-0.25, -0.2) is 9.67 Å². The molecule has 0 radical (unpaired) electrons. The quantitative estimate of drug-likeness (QED) is 0.420. The fourth-order valence-electron chi connectivity index (χ4n) is 4.91. The highest BCUT2D eigenvalue weighted by molar-refractivity contribution is 6.35. The highest BCUT2D eigenvalue weighted by Crippen LogP contribution is 2.37. The van der Waals surface area contributed by atoms with E-state index in [0.29, 0.717) is 37.4 Å². The third-order valence-electron chi connectivity index (χ3n) is 6.88. The normalized spacial score (nSPS) is 16.2. The maximum atomic E-state index is 13.2. The van der Waals surface area contributed by atoms with Crippen LogP contribution in [-0.4, -0.2) is 62.8 Å². The van der Waals surface area contributed by atoms with Gasteiger partial charge in [-0.15, -0.1) is 0 Å². The summed E-state index contributed by atoms with van der Waals surface area (Å²) in [5.74, 6) is 0.541. The summed E-state index contributed by atoms with van der Waals surface area (Å²) < 4.78 is 7.11. The highest BCUT2D eigenvalue weighted by Gasteiger charge is 2.28. The third kappa shape index (κ3) is 4.13.